The highest BCUT2D eigenvalue weighted by Crippen LogP contribution is 2.14. The molecule has 0 radical (unpaired) electrons. The molecular formula is C11H17N. The van der Waals surface area contributed by atoms with Gasteiger partial charge in [-0.25, -0.2) is 0 Å². The molecule has 0 saturated heterocycles. The quantitative estimate of drug-likeness (QED) is 0.722. The van der Waals surface area contributed by atoms with Crippen LogP contribution < -0.4 is 5.32 Å². The molecule has 66 valence electrons. The van der Waals surface area contributed by atoms with Gasteiger partial charge in [-0.3, -0.25) is 0 Å². The lowest BCUT2D eigenvalue weighted by Gasteiger charge is -2.06. The van der Waals surface area contributed by atoms with Crippen LogP contribution in [-0.4, -0.2) is 7.05 Å². The first-order valence-electron chi connectivity index (χ1n) is 4.47. The monoisotopic (exact) mass is 163 g/mol. The largest absolute Gasteiger partial charge is 0.316 e. The molecule has 0 aliphatic rings. The van der Waals surface area contributed by atoms with Gasteiger partial charge in [-0.05, 0) is 24.1 Å². The summed E-state index contributed by atoms with van der Waals surface area (Å²) in [7, 11) is 1.97. The Morgan fingerprint density at radius 2 is 1.75 bits per heavy atom. The Balaban J connectivity index is 2.71. The zero-order chi connectivity index (χ0) is 8.97. The van der Waals surface area contributed by atoms with Crippen LogP contribution in [0.2, 0.25) is 0 Å². The molecule has 1 rings (SSSR count). The van der Waals surface area contributed by atoms with Crippen LogP contribution in [0.15, 0.2) is 24.3 Å². The molecule has 1 aromatic carbocycles. The number of rotatable bonds is 3. The van der Waals surface area contributed by atoms with Gasteiger partial charge in [-0.1, -0.05) is 38.1 Å². The summed E-state index contributed by atoms with van der Waals surface area (Å²) in [5, 5.41) is 3.13. The molecule has 1 aromatic rings. The summed E-state index contributed by atoms with van der Waals surface area (Å²) >= 11 is 0. The molecule has 0 bridgehead atoms. The molecule has 12 heavy (non-hydrogen) atoms. The van der Waals surface area contributed by atoms with Crippen molar-refractivity contribution in [2.45, 2.75) is 26.3 Å². The molecule has 0 heterocycles. The van der Waals surface area contributed by atoms with Gasteiger partial charge in [0, 0.05) is 6.54 Å². The van der Waals surface area contributed by atoms with Crippen molar-refractivity contribution in [2.75, 3.05) is 7.05 Å². The molecular weight excluding hydrogens is 146 g/mol. The Bertz CT molecular complexity index is 223. The van der Waals surface area contributed by atoms with Gasteiger partial charge in [-0.15, -0.1) is 0 Å². The van der Waals surface area contributed by atoms with E-state index in [0.29, 0.717) is 5.92 Å². The highest BCUT2D eigenvalue weighted by molar-refractivity contribution is 5.24. The SMILES string of the molecule is CNCc1ccc(C(C)C)cc1. The van der Waals surface area contributed by atoms with E-state index < -0.39 is 0 Å². The molecule has 0 fully saturated rings. The third kappa shape index (κ3) is 2.35. The van der Waals surface area contributed by atoms with Crippen LogP contribution >= 0.6 is 0 Å². The van der Waals surface area contributed by atoms with Crippen molar-refractivity contribution in [2.24, 2.45) is 0 Å². The van der Waals surface area contributed by atoms with E-state index in [-0.39, 0.29) is 0 Å². The minimum Gasteiger partial charge on any atom is -0.316 e. The fraction of sp³-hybridized carbons (Fsp3) is 0.455. The molecule has 0 aliphatic heterocycles. The average molecular weight is 163 g/mol. The zero-order valence-electron chi connectivity index (χ0n) is 8.09. The van der Waals surface area contributed by atoms with Gasteiger partial charge >= 0.3 is 0 Å². The molecule has 0 saturated carbocycles. The van der Waals surface area contributed by atoms with Crippen LogP contribution in [0, 0.1) is 0 Å². The van der Waals surface area contributed by atoms with E-state index in [9.17, 15) is 0 Å². The summed E-state index contributed by atoms with van der Waals surface area (Å²) in [5.74, 6) is 0.633. The predicted molar refractivity (Wildman–Crippen MR) is 53.3 cm³/mol. The first kappa shape index (κ1) is 9.27. The average Bonchev–Trinajstić information content (AvgIpc) is 2.06. The standard InChI is InChI=1S/C11H17N/c1-9(2)11-6-4-10(5-7-11)8-12-3/h4-7,9,12H,8H2,1-3H3. The second kappa shape index (κ2) is 4.27. The fourth-order valence-electron chi connectivity index (χ4n) is 1.22. The van der Waals surface area contributed by atoms with Crippen molar-refractivity contribution in [3.63, 3.8) is 0 Å². The molecule has 1 heteroatoms. The first-order chi connectivity index (χ1) is 5.74. The molecule has 0 spiro atoms. The molecule has 0 unspecified atom stereocenters. The normalized spacial score (nSPS) is 10.7. The summed E-state index contributed by atoms with van der Waals surface area (Å²) in [6, 6.07) is 8.78. The minimum absolute atomic E-state index is 0.633. The van der Waals surface area contributed by atoms with Crippen molar-refractivity contribution in [1.82, 2.24) is 5.32 Å². The number of hydrogen-bond donors (Lipinski definition) is 1. The van der Waals surface area contributed by atoms with Crippen molar-refractivity contribution in [3.05, 3.63) is 35.4 Å². The van der Waals surface area contributed by atoms with Crippen LogP contribution in [0.1, 0.15) is 30.9 Å². The first-order valence-corrected chi connectivity index (χ1v) is 4.47. The number of hydrogen-bond acceptors (Lipinski definition) is 1. The van der Waals surface area contributed by atoms with Crippen LogP contribution in [-0.2, 0) is 6.54 Å². The lowest BCUT2D eigenvalue weighted by atomic mass is 10.0. The van der Waals surface area contributed by atoms with E-state index >= 15 is 0 Å². The summed E-state index contributed by atoms with van der Waals surface area (Å²) in [6.07, 6.45) is 0. The molecule has 0 aliphatic carbocycles. The van der Waals surface area contributed by atoms with E-state index in [1.165, 1.54) is 11.1 Å². The van der Waals surface area contributed by atoms with Gasteiger partial charge < -0.3 is 5.32 Å². The van der Waals surface area contributed by atoms with Gasteiger partial charge in [-0.2, -0.15) is 0 Å². The fourth-order valence-corrected chi connectivity index (χ4v) is 1.22. The van der Waals surface area contributed by atoms with Gasteiger partial charge in [0.1, 0.15) is 0 Å². The summed E-state index contributed by atoms with van der Waals surface area (Å²) in [5.41, 5.74) is 2.76. The van der Waals surface area contributed by atoms with Gasteiger partial charge in [0.15, 0.2) is 0 Å². The summed E-state index contributed by atoms with van der Waals surface area (Å²) in [4.78, 5) is 0. The van der Waals surface area contributed by atoms with Crippen LogP contribution in [0.3, 0.4) is 0 Å². The second-order valence-corrected chi connectivity index (χ2v) is 3.43. The van der Waals surface area contributed by atoms with E-state index in [0.717, 1.165) is 6.54 Å². The van der Waals surface area contributed by atoms with E-state index in [1.807, 2.05) is 7.05 Å². The lowest BCUT2D eigenvalue weighted by Crippen LogP contribution is -2.04. The van der Waals surface area contributed by atoms with E-state index in [4.69, 9.17) is 0 Å². The molecule has 0 atom stereocenters. The molecule has 0 aromatic heterocycles. The summed E-state index contributed by atoms with van der Waals surface area (Å²) in [6.45, 7) is 5.39. The minimum atomic E-state index is 0.633. The Kier molecular flexibility index (Phi) is 3.30. The Morgan fingerprint density at radius 1 is 1.17 bits per heavy atom. The maximum absolute atomic E-state index is 3.13. The van der Waals surface area contributed by atoms with E-state index in [1.54, 1.807) is 0 Å². The Morgan fingerprint density at radius 3 is 2.17 bits per heavy atom. The predicted octanol–water partition coefficient (Wildman–Crippen LogP) is 2.53. The van der Waals surface area contributed by atoms with Crippen LogP contribution in [0.5, 0.6) is 0 Å². The van der Waals surface area contributed by atoms with Crippen molar-refractivity contribution >= 4 is 0 Å². The van der Waals surface area contributed by atoms with Crippen molar-refractivity contribution < 1.29 is 0 Å². The maximum atomic E-state index is 3.13. The van der Waals surface area contributed by atoms with Gasteiger partial charge in [0.25, 0.3) is 0 Å². The third-order valence-corrected chi connectivity index (χ3v) is 2.03. The molecule has 1 nitrogen and oxygen atoms in total. The number of nitrogens with one attached hydrogen (secondary N) is 1. The van der Waals surface area contributed by atoms with Crippen LogP contribution in [0.25, 0.3) is 0 Å². The topological polar surface area (TPSA) is 12.0 Å². The van der Waals surface area contributed by atoms with Crippen LogP contribution in [0.4, 0.5) is 0 Å². The van der Waals surface area contributed by atoms with E-state index in [2.05, 4.69) is 43.4 Å². The zero-order valence-corrected chi connectivity index (χ0v) is 8.09. The Labute approximate surface area is 74.8 Å². The third-order valence-electron chi connectivity index (χ3n) is 2.03. The smallest absolute Gasteiger partial charge is 0.0202 e. The molecule has 0 amide bonds. The van der Waals surface area contributed by atoms with Gasteiger partial charge in [0.2, 0.25) is 0 Å². The highest BCUT2D eigenvalue weighted by Gasteiger charge is 1.97. The van der Waals surface area contributed by atoms with Crippen molar-refractivity contribution in [1.29, 1.82) is 0 Å². The van der Waals surface area contributed by atoms with Gasteiger partial charge in [0.05, 0.1) is 0 Å². The number of benzene rings is 1. The lowest BCUT2D eigenvalue weighted by molar-refractivity contribution is 0.813. The molecule has 1 N–H and O–H groups in total. The summed E-state index contributed by atoms with van der Waals surface area (Å²) < 4.78 is 0. The Hall–Kier alpha value is -0.820. The van der Waals surface area contributed by atoms with Crippen molar-refractivity contribution in [3.8, 4) is 0 Å². The highest BCUT2D eigenvalue weighted by atomic mass is 14.8. The second-order valence-electron chi connectivity index (χ2n) is 3.43. The maximum Gasteiger partial charge on any atom is 0.0202 e.